The van der Waals surface area contributed by atoms with E-state index in [9.17, 15) is 0 Å². The second-order valence-electron chi connectivity index (χ2n) is 6.76. The van der Waals surface area contributed by atoms with Crippen molar-refractivity contribution in [2.24, 2.45) is 5.92 Å². The van der Waals surface area contributed by atoms with Crippen molar-refractivity contribution < 1.29 is 9.47 Å². The van der Waals surface area contributed by atoms with Crippen molar-refractivity contribution in [1.29, 1.82) is 0 Å². The summed E-state index contributed by atoms with van der Waals surface area (Å²) in [6.45, 7) is 5.82. The number of piperidine rings is 1. The monoisotopic (exact) mass is 365 g/mol. The number of hydrogen-bond acceptors (Lipinski definition) is 6. The Morgan fingerprint density at radius 3 is 3.00 bits per heavy atom. The van der Waals surface area contributed by atoms with Crippen molar-refractivity contribution in [2.45, 2.75) is 38.7 Å². The molecule has 8 heteroatoms. The molecule has 1 aromatic rings. The van der Waals surface area contributed by atoms with E-state index >= 15 is 0 Å². The van der Waals surface area contributed by atoms with E-state index in [0.717, 1.165) is 38.4 Å². The second-order valence-corrected chi connectivity index (χ2v) is 7.16. The summed E-state index contributed by atoms with van der Waals surface area (Å²) in [6, 6.07) is 1.88. The number of nitrogens with one attached hydrogen (secondary N) is 2. The highest BCUT2D eigenvalue weighted by molar-refractivity contribution is 7.80. The van der Waals surface area contributed by atoms with Gasteiger partial charge < -0.3 is 25.0 Å². The SMILES string of the molecule is COc1cc(N2CCC[C@@H](C)C2)nc(NC(=S)NC[C@H]2CCCO2)n1. The maximum atomic E-state index is 5.59. The van der Waals surface area contributed by atoms with Crippen LogP contribution in [0.15, 0.2) is 6.07 Å². The number of rotatable bonds is 5. The third-order valence-electron chi connectivity index (χ3n) is 4.62. The molecule has 0 saturated carbocycles. The third-order valence-corrected chi connectivity index (χ3v) is 4.87. The summed E-state index contributed by atoms with van der Waals surface area (Å²) in [6.07, 6.45) is 4.86. The topological polar surface area (TPSA) is 71.5 Å². The average Bonchev–Trinajstić information content (AvgIpc) is 3.13. The molecule has 3 rings (SSSR count). The van der Waals surface area contributed by atoms with E-state index in [1.165, 1.54) is 12.8 Å². The zero-order chi connectivity index (χ0) is 17.6. The summed E-state index contributed by atoms with van der Waals surface area (Å²) in [5, 5.41) is 6.75. The highest BCUT2D eigenvalue weighted by Gasteiger charge is 2.20. The van der Waals surface area contributed by atoms with Crippen LogP contribution >= 0.6 is 12.2 Å². The fraction of sp³-hybridized carbons (Fsp3) is 0.706. The second kappa shape index (κ2) is 8.62. The van der Waals surface area contributed by atoms with E-state index in [-0.39, 0.29) is 6.10 Å². The number of nitrogens with zero attached hydrogens (tertiary/aromatic N) is 3. The van der Waals surface area contributed by atoms with Gasteiger partial charge in [-0.05, 0) is 43.8 Å². The molecule has 2 aliphatic rings. The molecule has 2 aliphatic heterocycles. The van der Waals surface area contributed by atoms with Gasteiger partial charge in [-0.3, -0.25) is 0 Å². The molecule has 0 aromatic carbocycles. The fourth-order valence-electron chi connectivity index (χ4n) is 3.29. The molecule has 0 aliphatic carbocycles. The van der Waals surface area contributed by atoms with Crippen molar-refractivity contribution in [3.8, 4) is 5.88 Å². The van der Waals surface area contributed by atoms with Gasteiger partial charge in [-0.15, -0.1) is 0 Å². The van der Waals surface area contributed by atoms with E-state index in [0.29, 0.717) is 29.4 Å². The molecule has 0 amide bonds. The summed E-state index contributed by atoms with van der Waals surface area (Å²) in [7, 11) is 1.61. The molecule has 138 valence electrons. The lowest BCUT2D eigenvalue weighted by atomic mass is 10.0. The number of hydrogen-bond donors (Lipinski definition) is 2. The fourth-order valence-corrected chi connectivity index (χ4v) is 3.47. The van der Waals surface area contributed by atoms with Crippen molar-refractivity contribution in [3.05, 3.63) is 6.07 Å². The average molecular weight is 366 g/mol. The zero-order valence-corrected chi connectivity index (χ0v) is 15.8. The molecule has 3 heterocycles. The van der Waals surface area contributed by atoms with Crippen LogP contribution in [0.4, 0.5) is 11.8 Å². The van der Waals surface area contributed by atoms with Crippen molar-refractivity contribution in [3.63, 3.8) is 0 Å². The van der Waals surface area contributed by atoms with Crippen LogP contribution in [-0.4, -0.2) is 54.5 Å². The summed E-state index contributed by atoms with van der Waals surface area (Å²) < 4.78 is 10.9. The molecule has 1 aromatic heterocycles. The predicted octanol–water partition coefficient (Wildman–Crippen LogP) is 2.19. The largest absolute Gasteiger partial charge is 0.481 e. The summed E-state index contributed by atoms with van der Waals surface area (Å²) in [5.74, 6) is 2.54. The first kappa shape index (κ1) is 18.1. The Labute approximate surface area is 154 Å². The molecule has 2 N–H and O–H groups in total. The Bertz CT molecular complexity index is 594. The maximum Gasteiger partial charge on any atom is 0.234 e. The van der Waals surface area contributed by atoms with Crippen LogP contribution in [0, 0.1) is 5.92 Å². The van der Waals surface area contributed by atoms with Crippen molar-refractivity contribution in [1.82, 2.24) is 15.3 Å². The molecular weight excluding hydrogens is 338 g/mol. The van der Waals surface area contributed by atoms with Crippen LogP contribution in [0.5, 0.6) is 5.88 Å². The number of anilines is 2. The Morgan fingerprint density at radius 1 is 1.40 bits per heavy atom. The van der Waals surface area contributed by atoms with Crippen LogP contribution in [0.2, 0.25) is 0 Å². The van der Waals surface area contributed by atoms with E-state index < -0.39 is 0 Å². The van der Waals surface area contributed by atoms with Crippen molar-refractivity contribution >= 4 is 29.1 Å². The van der Waals surface area contributed by atoms with Gasteiger partial charge in [-0.2, -0.15) is 9.97 Å². The minimum absolute atomic E-state index is 0.233. The summed E-state index contributed by atoms with van der Waals surface area (Å²) >= 11 is 5.36. The van der Waals surface area contributed by atoms with Gasteiger partial charge >= 0.3 is 0 Å². The van der Waals surface area contributed by atoms with Gasteiger partial charge in [0, 0.05) is 32.3 Å². The van der Waals surface area contributed by atoms with Crippen LogP contribution in [0.3, 0.4) is 0 Å². The van der Waals surface area contributed by atoms with Crippen LogP contribution < -0.4 is 20.3 Å². The summed E-state index contributed by atoms with van der Waals surface area (Å²) in [5.41, 5.74) is 0. The summed E-state index contributed by atoms with van der Waals surface area (Å²) in [4.78, 5) is 11.3. The zero-order valence-electron chi connectivity index (χ0n) is 15.0. The smallest absolute Gasteiger partial charge is 0.234 e. The van der Waals surface area contributed by atoms with Gasteiger partial charge in [0.15, 0.2) is 5.11 Å². The van der Waals surface area contributed by atoms with Gasteiger partial charge in [0.1, 0.15) is 5.82 Å². The van der Waals surface area contributed by atoms with Gasteiger partial charge in [-0.1, -0.05) is 6.92 Å². The first-order valence-electron chi connectivity index (χ1n) is 8.98. The predicted molar refractivity (Wildman–Crippen MR) is 102 cm³/mol. The standard InChI is InChI=1S/C17H27N5O2S/c1-12-5-3-7-22(11-12)14-9-15(23-2)20-16(19-14)21-17(25)18-10-13-6-4-8-24-13/h9,12-13H,3-8,10-11H2,1-2H3,(H2,18,19,20,21,25)/t12-,13-/m1/s1. The minimum atomic E-state index is 0.233. The highest BCUT2D eigenvalue weighted by atomic mass is 32.1. The molecule has 0 unspecified atom stereocenters. The van der Waals surface area contributed by atoms with Gasteiger partial charge in [0.25, 0.3) is 0 Å². The van der Waals surface area contributed by atoms with E-state index in [1.807, 2.05) is 6.07 Å². The molecule has 2 fully saturated rings. The maximum absolute atomic E-state index is 5.59. The highest BCUT2D eigenvalue weighted by Crippen LogP contribution is 2.25. The van der Waals surface area contributed by atoms with Gasteiger partial charge in [0.05, 0.1) is 13.2 Å². The van der Waals surface area contributed by atoms with Crippen LogP contribution in [-0.2, 0) is 4.74 Å². The van der Waals surface area contributed by atoms with E-state index in [4.69, 9.17) is 21.7 Å². The Kier molecular flexibility index (Phi) is 6.25. The number of ether oxygens (including phenoxy) is 2. The molecular formula is C17H27N5O2S. The lowest BCUT2D eigenvalue weighted by Crippen LogP contribution is -2.36. The van der Waals surface area contributed by atoms with Crippen LogP contribution in [0.1, 0.15) is 32.6 Å². The third kappa shape index (κ3) is 5.15. The van der Waals surface area contributed by atoms with Gasteiger partial charge in [0.2, 0.25) is 11.8 Å². The molecule has 0 radical (unpaired) electrons. The minimum Gasteiger partial charge on any atom is -0.481 e. The molecule has 0 bridgehead atoms. The van der Waals surface area contributed by atoms with Crippen LogP contribution in [0.25, 0.3) is 0 Å². The van der Waals surface area contributed by atoms with E-state index in [1.54, 1.807) is 7.11 Å². The molecule has 2 atom stereocenters. The lowest BCUT2D eigenvalue weighted by Gasteiger charge is -2.32. The van der Waals surface area contributed by atoms with E-state index in [2.05, 4.69) is 32.4 Å². The number of thiocarbonyl (C=S) groups is 1. The number of methoxy groups -OCH3 is 1. The molecule has 25 heavy (non-hydrogen) atoms. The van der Waals surface area contributed by atoms with Gasteiger partial charge in [-0.25, -0.2) is 0 Å². The first-order chi connectivity index (χ1) is 12.1. The lowest BCUT2D eigenvalue weighted by molar-refractivity contribution is 0.114. The molecule has 0 spiro atoms. The normalized spacial score (nSPS) is 23.4. The van der Waals surface area contributed by atoms with Crippen molar-refractivity contribution in [2.75, 3.05) is 43.6 Å². The Hall–Kier alpha value is -1.67. The molecule has 2 saturated heterocycles. The Morgan fingerprint density at radius 2 is 2.28 bits per heavy atom. The quantitative estimate of drug-likeness (QED) is 0.770. The Balaban J connectivity index is 1.63. The first-order valence-corrected chi connectivity index (χ1v) is 9.39. The number of aromatic nitrogens is 2. The molecule has 7 nitrogen and oxygen atoms in total.